The number of fused-ring (bicyclic) bond motifs is 1. The molecule has 2 aromatic heterocycles. The predicted octanol–water partition coefficient (Wildman–Crippen LogP) is 8.54. The van der Waals surface area contributed by atoms with E-state index in [1.165, 1.54) is 33.2 Å². The van der Waals surface area contributed by atoms with Gasteiger partial charge < -0.3 is 9.47 Å². The highest BCUT2D eigenvalue weighted by Crippen LogP contribution is 2.36. The molecule has 0 aliphatic rings. The molecule has 204 valence electrons. The Balaban J connectivity index is 1.32. The van der Waals surface area contributed by atoms with Gasteiger partial charge in [-0.15, -0.1) is 0 Å². The Morgan fingerprint density at radius 3 is 2.05 bits per heavy atom. The first-order valence-electron chi connectivity index (χ1n) is 14.2. The van der Waals surface area contributed by atoms with E-state index in [1.807, 2.05) is 29.2 Å². The van der Waals surface area contributed by atoms with E-state index in [1.54, 1.807) is 11.3 Å². The van der Waals surface area contributed by atoms with E-state index in [0.29, 0.717) is 19.5 Å². The molecule has 6 aromatic rings. The molecule has 0 fully saturated rings. The van der Waals surface area contributed by atoms with E-state index in [-0.39, 0.29) is 11.8 Å². The summed E-state index contributed by atoms with van der Waals surface area (Å²) in [6.45, 7) is 2.09. The first-order valence-corrected chi connectivity index (χ1v) is 15.2. The Morgan fingerprint density at radius 1 is 0.732 bits per heavy atom. The number of aromatic nitrogens is 1. The maximum absolute atomic E-state index is 14.2. The summed E-state index contributed by atoms with van der Waals surface area (Å²) in [6, 6.07) is 42.1. The molecule has 1 amide bonds. The van der Waals surface area contributed by atoms with Gasteiger partial charge in [-0.2, -0.15) is 11.3 Å². The van der Waals surface area contributed by atoms with Gasteiger partial charge in [0.2, 0.25) is 5.91 Å². The number of carbonyl (C=O) groups excluding carboxylic acids is 1. The largest absolute Gasteiger partial charge is 0.343 e. The van der Waals surface area contributed by atoms with Crippen molar-refractivity contribution in [3.63, 3.8) is 0 Å². The fraction of sp³-hybridized carbons (Fsp3) is 0.162. The highest BCUT2D eigenvalue weighted by Gasteiger charge is 2.26. The summed E-state index contributed by atoms with van der Waals surface area (Å²) in [5, 5.41) is 5.53. The summed E-state index contributed by atoms with van der Waals surface area (Å²) in [7, 11) is 0. The number of thiophene rings is 1. The fourth-order valence-corrected chi connectivity index (χ4v) is 6.37. The third-order valence-corrected chi connectivity index (χ3v) is 8.50. The van der Waals surface area contributed by atoms with Gasteiger partial charge in [-0.3, -0.25) is 4.79 Å². The van der Waals surface area contributed by atoms with Gasteiger partial charge in [0, 0.05) is 49.1 Å². The summed E-state index contributed by atoms with van der Waals surface area (Å²) in [5.41, 5.74) is 7.28. The lowest BCUT2D eigenvalue weighted by molar-refractivity contribution is -0.132. The third kappa shape index (κ3) is 6.50. The van der Waals surface area contributed by atoms with E-state index in [0.717, 1.165) is 18.5 Å². The number of hydrogen-bond acceptors (Lipinski definition) is 2. The Bertz CT molecular complexity index is 1680. The molecule has 41 heavy (non-hydrogen) atoms. The Morgan fingerprint density at radius 2 is 1.37 bits per heavy atom. The number of carbonyl (C=O) groups is 1. The second-order valence-electron chi connectivity index (χ2n) is 10.6. The molecule has 0 aliphatic carbocycles. The number of nitrogens with zero attached hydrogens (tertiary/aromatic N) is 2. The van der Waals surface area contributed by atoms with Crippen LogP contribution in [0.1, 0.15) is 40.2 Å². The molecule has 3 nitrogen and oxygen atoms in total. The molecule has 0 aliphatic heterocycles. The minimum absolute atomic E-state index is 0.0225. The second kappa shape index (κ2) is 12.8. The van der Waals surface area contributed by atoms with Crippen LogP contribution in [0.25, 0.3) is 10.9 Å². The van der Waals surface area contributed by atoms with Crippen LogP contribution in [0.3, 0.4) is 0 Å². The minimum Gasteiger partial charge on any atom is -0.343 e. The second-order valence-corrected chi connectivity index (χ2v) is 11.3. The van der Waals surface area contributed by atoms with Gasteiger partial charge >= 0.3 is 0 Å². The standard InChI is InChI=1S/C37H34N2OS/c40-37(38(25-30-14-6-2-7-15-30)22-20-29-12-4-1-5-13-29)24-34(32-21-23-41-28-32)35-27-39(26-31-16-8-3-9-17-31)36-19-11-10-18-33(35)36/h1-19,21,23,27-28,34H,20,22,24-26H2. The summed E-state index contributed by atoms with van der Waals surface area (Å²) in [5.74, 6) is 0.159. The van der Waals surface area contributed by atoms with Crippen molar-refractivity contribution in [2.75, 3.05) is 6.54 Å². The number of rotatable bonds is 11. The molecule has 0 spiro atoms. The van der Waals surface area contributed by atoms with Crippen LogP contribution < -0.4 is 0 Å². The average molecular weight is 555 g/mol. The molecule has 6 rings (SSSR count). The van der Waals surface area contributed by atoms with Crippen molar-refractivity contribution in [1.29, 1.82) is 0 Å². The van der Waals surface area contributed by atoms with Crippen molar-refractivity contribution in [1.82, 2.24) is 9.47 Å². The highest BCUT2D eigenvalue weighted by molar-refractivity contribution is 7.08. The molecule has 4 heteroatoms. The molecule has 1 unspecified atom stereocenters. The van der Waals surface area contributed by atoms with Crippen LogP contribution in [0, 0.1) is 0 Å². The Kier molecular flexibility index (Phi) is 8.39. The quantitative estimate of drug-likeness (QED) is 0.158. The molecule has 1 atom stereocenters. The molecule has 0 saturated heterocycles. The number of amides is 1. The number of para-hydroxylation sites is 1. The average Bonchev–Trinajstić information content (AvgIpc) is 3.69. The smallest absolute Gasteiger partial charge is 0.223 e. The van der Waals surface area contributed by atoms with Crippen molar-refractivity contribution >= 4 is 28.1 Å². The normalized spacial score (nSPS) is 11.9. The van der Waals surface area contributed by atoms with Gasteiger partial charge in [-0.25, -0.2) is 0 Å². The van der Waals surface area contributed by atoms with Gasteiger partial charge in [0.25, 0.3) is 0 Å². The number of benzene rings is 4. The van der Waals surface area contributed by atoms with Gasteiger partial charge in [-0.05, 0) is 57.1 Å². The third-order valence-electron chi connectivity index (χ3n) is 7.80. The maximum atomic E-state index is 14.2. The van der Waals surface area contributed by atoms with E-state index < -0.39 is 0 Å². The van der Waals surface area contributed by atoms with Crippen molar-refractivity contribution in [3.05, 3.63) is 166 Å². The lowest BCUT2D eigenvalue weighted by atomic mass is 9.89. The molecule has 2 heterocycles. The highest BCUT2D eigenvalue weighted by atomic mass is 32.1. The van der Waals surface area contributed by atoms with Crippen molar-refractivity contribution in [3.8, 4) is 0 Å². The van der Waals surface area contributed by atoms with Crippen LogP contribution in [-0.2, 0) is 24.3 Å². The van der Waals surface area contributed by atoms with Crippen LogP contribution in [0.2, 0.25) is 0 Å². The zero-order valence-electron chi connectivity index (χ0n) is 23.1. The molecular weight excluding hydrogens is 520 g/mol. The molecule has 0 radical (unpaired) electrons. The predicted molar refractivity (Wildman–Crippen MR) is 170 cm³/mol. The monoisotopic (exact) mass is 554 g/mol. The first-order chi connectivity index (χ1) is 20.2. The Hall–Kier alpha value is -4.41. The summed E-state index contributed by atoms with van der Waals surface area (Å²) >= 11 is 1.69. The van der Waals surface area contributed by atoms with Crippen LogP contribution in [0.4, 0.5) is 0 Å². The zero-order chi connectivity index (χ0) is 27.9. The summed E-state index contributed by atoms with van der Waals surface area (Å²) in [4.78, 5) is 16.3. The van der Waals surface area contributed by atoms with Gasteiger partial charge in [0.1, 0.15) is 0 Å². The van der Waals surface area contributed by atoms with Crippen molar-refractivity contribution < 1.29 is 4.79 Å². The fourth-order valence-electron chi connectivity index (χ4n) is 5.65. The molecule has 0 bridgehead atoms. The van der Waals surface area contributed by atoms with E-state index in [4.69, 9.17) is 0 Å². The van der Waals surface area contributed by atoms with Crippen LogP contribution in [-0.4, -0.2) is 21.9 Å². The van der Waals surface area contributed by atoms with E-state index in [2.05, 4.69) is 119 Å². The van der Waals surface area contributed by atoms with Crippen LogP contribution >= 0.6 is 11.3 Å². The molecule has 4 aromatic carbocycles. The summed E-state index contributed by atoms with van der Waals surface area (Å²) < 4.78 is 2.33. The van der Waals surface area contributed by atoms with Gasteiger partial charge in [0.15, 0.2) is 0 Å². The lowest BCUT2D eigenvalue weighted by Crippen LogP contribution is -2.33. The maximum Gasteiger partial charge on any atom is 0.223 e. The molecule has 0 N–H and O–H groups in total. The molecular formula is C37H34N2OS. The van der Waals surface area contributed by atoms with E-state index in [9.17, 15) is 4.79 Å². The van der Waals surface area contributed by atoms with Crippen molar-refractivity contribution in [2.24, 2.45) is 0 Å². The number of hydrogen-bond donors (Lipinski definition) is 0. The molecule has 0 saturated carbocycles. The van der Waals surface area contributed by atoms with Crippen LogP contribution in [0.15, 0.2) is 138 Å². The van der Waals surface area contributed by atoms with Gasteiger partial charge in [0.05, 0.1) is 0 Å². The van der Waals surface area contributed by atoms with Crippen molar-refractivity contribution in [2.45, 2.75) is 31.8 Å². The topological polar surface area (TPSA) is 25.2 Å². The SMILES string of the molecule is O=C(CC(c1ccsc1)c1cn(Cc2ccccc2)c2ccccc12)N(CCc1ccccc1)Cc1ccccc1. The lowest BCUT2D eigenvalue weighted by Gasteiger charge is -2.26. The Labute approximate surface area is 246 Å². The van der Waals surface area contributed by atoms with E-state index >= 15 is 0 Å². The minimum atomic E-state index is -0.0225. The first kappa shape index (κ1) is 26.8. The zero-order valence-corrected chi connectivity index (χ0v) is 23.9. The summed E-state index contributed by atoms with van der Waals surface area (Å²) in [6.07, 6.45) is 3.54. The van der Waals surface area contributed by atoms with Crippen LogP contribution in [0.5, 0.6) is 0 Å². The van der Waals surface area contributed by atoms with Gasteiger partial charge in [-0.1, -0.05) is 109 Å².